The van der Waals surface area contributed by atoms with E-state index in [9.17, 15) is 4.79 Å². The second-order valence-electron chi connectivity index (χ2n) is 5.87. The van der Waals surface area contributed by atoms with Gasteiger partial charge in [0.15, 0.2) is 0 Å². The van der Waals surface area contributed by atoms with Crippen molar-refractivity contribution in [3.63, 3.8) is 0 Å². The predicted octanol–water partition coefficient (Wildman–Crippen LogP) is 3.42. The molecule has 3 N–H and O–H groups in total. The standard InChI is InChI=1S/C20H21N3OS/c1-14-22-18(19(25-14)16-10-6-3-7-11-16)20(24)23-17(13-21)12-15-8-4-2-5-9-15/h2-11,17H,12-13,21H2,1H3,(H,23,24)/t17-/m0/s1. The summed E-state index contributed by atoms with van der Waals surface area (Å²) in [5.74, 6) is -0.172. The number of hydrogen-bond acceptors (Lipinski definition) is 4. The summed E-state index contributed by atoms with van der Waals surface area (Å²) in [6, 6.07) is 19.8. The number of hydrogen-bond donors (Lipinski definition) is 2. The number of nitrogens with zero attached hydrogens (tertiary/aromatic N) is 1. The van der Waals surface area contributed by atoms with E-state index in [0.717, 1.165) is 21.0 Å². The molecule has 25 heavy (non-hydrogen) atoms. The van der Waals surface area contributed by atoms with Gasteiger partial charge in [0, 0.05) is 12.6 Å². The van der Waals surface area contributed by atoms with Crippen LogP contribution in [0.2, 0.25) is 0 Å². The highest BCUT2D eigenvalue weighted by Crippen LogP contribution is 2.30. The lowest BCUT2D eigenvalue weighted by Crippen LogP contribution is -2.42. The number of carbonyl (C=O) groups excluding carboxylic acids is 1. The minimum Gasteiger partial charge on any atom is -0.346 e. The molecule has 0 saturated heterocycles. The maximum atomic E-state index is 12.8. The van der Waals surface area contributed by atoms with Crippen LogP contribution in [0.15, 0.2) is 60.7 Å². The van der Waals surface area contributed by atoms with Crippen LogP contribution in [-0.4, -0.2) is 23.5 Å². The minimum atomic E-state index is -0.172. The summed E-state index contributed by atoms with van der Waals surface area (Å²) in [6.07, 6.45) is 0.701. The topological polar surface area (TPSA) is 68.0 Å². The largest absolute Gasteiger partial charge is 0.346 e. The highest BCUT2D eigenvalue weighted by molar-refractivity contribution is 7.15. The fourth-order valence-electron chi connectivity index (χ4n) is 2.71. The van der Waals surface area contributed by atoms with E-state index in [1.807, 2.05) is 67.6 Å². The molecule has 0 bridgehead atoms. The molecule has 0 saturated carbocycles. The molecule has 0 fully saturated rings. The number of nitrogens with one attached hydrogen (secondary N) is 1. The van der Waals surface area contributed by atoms with Crippen LogP contribution >= 0.6 is 11.3 Å². The molecule has 0 aliphatic rings. The molecule has 3 rings (SSSR count). The van der Waals surface area contributed by atoms with Crippen molar-refractivity contribution < 1.29 is 4.79 Å². The van der Waals surface area contributed by atoms with Gasteiger partial charge < -0.3 is 11.1 Å². The van der Waals surface area contributed by atoms with Gasteiger partial charge in [0.25, 0.3) is 5.91 Å². The van der Waals surface area contributed by atoms with E-state index in [2.05, 4.69) is 10.3 Å². The first-order valence-electron chi connectivity index (χ1n) is 8.25. The Labute approximate surface area is 151 Å². The molecule has 1 aromatic heterocycles. The molecule has 1 atom stereocenters. The van der Waals surface area contributed by atoms with Gasteiger partial charge >= 0.3 is 0 Å². The van der Waals surface area contributed by atoms with Gasteiger partial charge in [-0.1, -0.05) is 60.7 Å². The Balaban J connectivity index is 1.79. The van der Waals surface area contributed by atoms with E-state index in [-0.39, 0.29) is 11.9 Å². The number of rotatable bonds is 6. The molecule has 0 spiro atoms. The number of amides is 1. The number of benzene rings is 2. The Bertz CT molecular complexity index is 831. The maximum absolute atomic E-state index is 12.8. The Kier molecular flexibility index (Phi) is 5.58. The third-order valence-electron chi connectivity index (χ3n) is 3.93. The SMILES string of the molecule is Cc1nc(C(=O)N[C@H](CN)Cc2ccccc2)c(-c2ccccc2)s1. The average Bonchev–Trinajstić information content (AvgIpc) is 3.04. The fourth-order valence-corrected chi connectivity index (χ4v) is 3.63. The van der Waals surface area contributed by atoms with E-state index in [0.29, 0.717) is 18.7 Å². The summed E-state index contributed by atoms with van der Waals surface area (Å²) < 4.78 is 0. The van der Waals surface area contributed by atoms with Crippen LogP contribution in [-0.2, 0) is 6.42 Å². The number of carbonyl (C=O) groups is 1. The van der Waals surface area contributed by atoms with Crippen LogP contribution in [0, 0.1) is 6.92 Å². The van der Waals surface area contributed by atoms with Gasteiger partial charge in [0.1, 0.15) is 5.69 Å². The molecule has 5 heteroatoms. The zero-order valence-corrected chi connectivity index (χ0v) is 14.9. The molecule has 3 aromatic rings. The van der Waals surface area contributed by atoms with Gasteiger partial charge in [-0.05, 0) is 24.5 Å². The zero-order valence-electron chi connectivity index (χ0n) is 14.1. The Morgan fingerprint density at radius 1 is 1.12 bits per heavy atom. The summed E-state index contributed by atoms with van der Waals surface area (Å²) in [4.78, 5) is 18.1. The average molecular weight is 351 g/mol. The molecule has 0 aliphatic heterocycles. The van der Waals surface area contributed by atoms with Crippen LogP contribution in [0.25, 0.3) is 10.4 Å². The molecule has 1 amide bonds. The van der Waals surface area contributed by atoms with Crippen molar-refractivity contribution in [3.8, 4) is 10.4 Å². The first-order valence-corrected chi connectivity index (χ1v) is 9.06. The van der Waals surface area contributed by atoms with Crippen molar-refractivity contribution in [2.45, 2.75) is 19.4 Å². The lowest BCUT2D eigenvalue weighted by atomic mass is 10.1. The minimum absolute atomic E-state index is 0.125. The van der Waals surface area contributed by atoms with Gasteiger partial charge in [-0.15, -0.1) is 11.3 Å². The highest BCUT2D eigenvalue weighted by Gasteiger charge is 2.20. The van der Waals surface area contributed by atoms with Crippen molar-refractivity contribution in [3.05, 3.63) is 76.9 Å². The molecule has 4 nitrogen and oxygen atoms in total. The quantitative estimate of drug-likeness (QED) is 0.715. The summed E-state index contributed by atoms with van der Waals surface area (Å²) >= 11 is 1.53. The van der Waals surface area contributed by atoms with Gasteiger partial charge in [0.2, 0.25) is 0 Å². The molecular formula is C20H21N3OS. The first kappa shape index (κ1) is 17.3. The van der Waals surface area contributed by atoms with Gasteiger partial charge in [-0.3, -0.25) is 4.79 Å². The van der Waals surface area contributed by atoms with Gasteiger partial charge in [-0.2, -0.15) is 0 Å². The van der Waals surface area contributed by atoms with Gasteiger partial charge in [-0.25, -0.2) is 4.98 Å². The van der Waals surface area contributed by atoms with E-state index >= 15 is 0 Å². The summed E-state index contributed by atoms with van der Waals surface area (Å²) in [6.45, 7) is 2.29. The van der Waals surface area contributed by atoms with E-state index in [4.69, 9.17) is 5.73 Å². The number of nitrogens with two attached hydrogens (primary N) is 1. The molecule has 2 aromatic carbocycles. The normalized spacial score (nSPS) is 11.9. The molecule has 128 valence electrons. The van der Waals surface area contributed by atoms with E-state index in [1.165, 1.54) is 11.3 Å². The van der Waals surface area contributed by atoms with Crippen molar-refractivity contribution >= 4 is 17.2 Å². The Morgan fingerprint density at radius 3 is 2.40 bits per heavy atom. The molecule has 0 unspecified atom stereocenters. The molecular weight excluding hydrogens is 330 g/mol. The summed E-state index contributed by atoms with van der Waals surface area (Å²) in [5, 5.41) is 3.91. The molecule has 0 aliphatic carbocycles. The zero-order chi connectivity index (χ0) is 17.6. The van der Waals surface area contributed by atoms with Crippen molar-refractivity contribution in [2.75, 3.05) is 6.54 Å². The second-order valence-corrected chi connectivity index (χ2v) is 7.08. The van der Waals surface area contributed by atoms with E-state index in [1.54, 1.807) is 0 Å². The third kappa shape index (κ3) is 4.32. The maximum Gasteiger partial charge on any atom is 0.271 e. The van der Waals surface area contributed by atoms with E-state index < -0.39 is 0 Å². The molecule has 0 radical (unpaired) electrons. The van der Waals surface area contributed by atoms with Gasteiger partial charge in [0.05, 0.1) is 9.88 Å². The number of aryl methyl sites for hydroxylation is 1. The number of aromatic nitrogens is 1. The van der Waals surface area contributed by atoms with Crippen molar-refractivity contribution in [1.29, 1.82) is 0 Å². The predicted molar refractivity (Wildman–Crippen MR) is 103 cm³/mol. The lowest BCUT2D eigenvalue weighted by molar-refractivity contribution is 0.0934. The van der Waals surface area contributed by atoms with Crippen LogP contribution in [0.5, 0.6) is 0 Å². The van der Waals surface area contributed by atoms with Crippen LogP contribution in [0.1, 0.15) is 21.1 Å². The van der Waals surface area contributed by atoms with Crippen LogP contribution in [0.3, 0.4) is 0 Å². The summed E-state index contributed by atoms with van der Waals surface area (Å²) in [5.41, 5.74) is 8.50. The fraction of sp³-hybridized carbons (Fsp3) is 0.200. The van der Waals surface area contributed by atoms with Crippen molar-refractivity contribution in [2.24, 2.45) is 5.73 Å². The first-order chi connectivity index (χ1) is 12.2. The van der Waals surface area contributed by atoms with Crippen LogP contribution < -0.4 is 11.1 Å². The lowest BCUT2D eigenvalue weighted by Gasteiger charge is -2.16. The third-order valence-corrected chi connectivity index (χ3v) is 4.95. The summed E-state index contributed by atoms with van der Waals surface area (Å²) in [7, 11) is 0. The van der Waals surface area contributed by atoms with Crippen molar-refractivity contribution in [1.82, 2.24) is 10.3 Å². The second kappa shape index (κ2) is 8.05. The molecule has 1 heterocycles. The Hall–Kier alpha value is -2.50. The van der Waals surface area contributed by atoms with Crippen LogP contribution in [0.4, 0.5) is 0 Å². The monoisotopic (exact) mass is 351 g/mol. The number of thiazole rings is 1. The smallest absolute Gasteiger partial charge is 0.271 e. The Morgan fingerprint density at radius 2 is 1.76 bits per heavy atom. The highest BCUT2D eigenvalue weighted by atomic mass is 32.1.